The van der Waals surface area contributed by atoms with Crippen LogP contribution in [-0.4, -0.2) is 39.2 Å². The van der Waals surface area contributed by atoms with Gasteiger partial charge in [0.15, 0.2) is 9.84 Å². The summed E-state index contributed by atoms with van der Waals surface area (Å²) in [5.74, 6) is -0.269. The van der Waals surface area contributed by atoms with Crippen molar-refractivity contribution in [2.24, 2.45) is 0 Å². The molecule has 0 atom stereocenters. The van der Waals surface area contributed by atoms with E-state index in [1.54, 1.807) is 0 Å². The number of hydrogen-bond acceptors (Lipinski definition) is 5. The third-order valence-electron chi connectivity index (χ3n) is 2.63. The van der Waals surface area contributed by atoms with E-state index in [2.05, 4.69) is 10.6 Å². The number of rotatable bonds is 7. The molecule has 6 nitrogen and oxygen atoms in total. The van der Waals surface area contributed by atoms with Crippen molar-refractivity contribution in [2.75, 3.05) is 18.8 Å². The van der Waals surface area contributed by atoms with Crippen LogP contribution in [0, 0.1) is 11.3 Å². The van der Waals surface area contributed by atoms with Crippen LogP contribution in [0.1, 0.15) is 19.4 Å². The summed E-state index contributed by atoms with van der Waals surface area (Å²) in [6, 6.07) is 7.76. The first-order valence-corrected chi connectivity index (χ1v) is 8.23. The molecule has 0 aliphatic carbocycles. The van der Waals surface area contributed by atoms with Gasteiger partial charge in [0.1, 0.15) is 0 Å². The fourth-order valence-electron chi connectivity index (χ4n) is 1.64. The highest BCUT2D eigenvalue weighted by Gasteiger charge is 2.14. The molecular weight excluding hydrogens is 290 g/mol. The number of amides is 1. The SMILES string of the molecule is CC(C)NC(=O)CNCCS(=O)(=O)c1ccc(C#N)cc1. The predicted octanol–water partition coefficient (Wildman–Crippen LogP) is 0.446. The summed E-state index contributed by atoms with van der Waals surface area (Å²) in [5.41, 5.74) is 0.414. The van der Waals surface area contributed by atoms with Gasteiger partial charge in [-0.1, -0.05) is 0 Å². The van der Waals surface area contributed by atoms with Gasteiger partial charge < -0.3 is 10.6 Å². The second kappa shape index (κ2) is 7.76. The minimum atomic E-state index is -3.41. The van der Waals surface area contributed by atoms with Gasteiger partial charge in [-0.2, -0.15) is 5.26 Å². The van der Waals surface area contributed by atoms with Crippen LogP contribution in [0.2, 0.25) is 0 Å². The Morgan fingerprint density at radius 3 is 2.43 bits per heavy atom. The minimum Gasteiger partial charge on any atom is -0.353 e. The van der Waals surface area contributed by atoms with Crippen LogP contribution in [-0.2, 0) is 14.6 Å². The maximum Gasteiger partial charge on any atom is 0.234 e. The Bertz CT molecular complexity index is 616. The number of carbonyl (C=O) groups is 1. The zero-order valence-electron chi connectivity index (χ0n) is 12.1. The van der Waals surface area contributed by atoms with E-state index in [1.807, 2.05) is 19.9 Å². The van der Waals surface area contributed by atoms with Gasteiger partial charge in [0.25, 0.3) is 0 Å². The van der Waals surface area contributed by atoms with Crippen molar-refractivity contribution in [3.05, 3.63) is 29.8 Å². The van der Waals surface area contributed by atoms with Crippen LogP contribution >= 0.6 is 0 Å². The monoisotopic (exact) mass is 309 g/mol. The first kappa shape index (κ1) is 17.1. The van der Waals surface area contributed by atoms with Crippen molar-refractivity contribution in [2.45, 2.75) is 24.8 Å². The number of benzene rings is 1. The quantitative estimate of drug-likeness (QED) is 0.712. The number of hydrogen-bond donors (Lipinski definition) is 2. The Labute approximate surface area is 125 Å². The predicted molar refractivity (Wildman–Crippen MR) is 79.4 cm³/mol. The largest absolute Gasteiger partial charge is 0.353 e. The number of sulfone groups is 1. The van der Waals surface area contributed by atoms with E-state index in [0.717, 1.165) is 0 Å². The molecule has 0 aliphatic heterocycles. The molecule has 0 aliphatic rings. The zero-order chi connectivity index (χ0) is 15.9. The highest BCUT2D eigenvalue weighted by molar-refractivity contribution is 7.91. The lowest BCUT2D eigenvalue weighted by Gasteiger charge is -2.09. The lowest BCUT2D eigenvalue weighted by molar-refractivity contribution is -0.120. The molecule has 1 aromatic carbocycles. The number of nitriles is 1. The Balaban J connectivity index is 2.46. The summed E-state index contributed by atoms with van der Waals surface area (Å²) >= 11 is 0. The molecule has 0 spiro atoms. The fraction of sp³-hybridized carbons (Fsp3) is 0.429. The van der Waals surface area contributed by atoms with E-state index >= 15 is 0 Å². The van der Waals surface area contributed by atoms with Gasteiger partial charge in [-0.25, -0.2) is 8.42 Å². The molecule has 0 heterocycles. The second-order valence-electron chi connectivity index (χ2n) is 4.85. The number of carbonyl (C=O) groups excluding carboxylic acids is 1. The summed E-state index contributed by atoms with van der Waals surface area (Å²) in [5, 5.41) is 14.2. The van der Waals surface area contributed by atoms with Gasteiger partial charge >= 0.3 is 0 Å². The van der Waals surface area contributed by atoms with Crippen molar-refractivity contribution in [1.29, 1.82) is 5.26 Å². The first-order valence-electron chi connectivity index (χ1n) is 6.58. The molecule has 0 saturated carbocycles. The normalized spacial score (nSPS) is 11.1. The maximum atomic E-state index is 12.0. The van der Waals surface area contributed by atoms with E-state index < -0.39 is 9.84 Å². The molecule has 0 fully saturated rings. The highest BCUT2D eigenvalue weighted by atomic mass is 32.2. The molecule has 21 heavy (non-hydrogen) atoms. The topological polar surface area (TPSA) is 99.1 Å². The molecule has 0 bridgehead atoms. The average molecular weight is 309 g/mol. The van der Waals surface area contributed by atoms with Gasteiger partial charge in [-0.15, -0.1) is 0 Å². The standard InChI is InChI=1S/C14H19N3O3S/c1-11(2)17-14(18)10-16-7-8-21(19,20)13-5-3-12(9-15)4-6-13/h3-6,11,16H,7-8,10H2,1-2H3,(H,17,18). The average Bonchev–Trinajstić information content (AvgIpc) is 2.43. The zero-order valence-corrected chi connectivity index (χ0v) is 12.9. The Kier molecular flexibility index (Phi) is 6.34. The molecule has 1 aromatic rings. The van der Waals surface area contributed by atoms with Crippen LogP contribution in [0.25, 0.3) is 0 Å². The van der Waals surface area contributed by atoms with Gasteiger partial charge in [-0.05, 0) is 38.1 Å². The van der Waals surface area contributed by atoms with Crippen LogP contribution in [0.4, 0.5) is 0 Å². The van der Waals surface area contributed by atoms with Crippen molar-refractivity contribution < 1.29 is 13.2 Å². The third-order valence-corrected chi connectivity index (χ3v) is 4.36. The van der Waals surface area contributed by atoms with Gasteiger partial charge in [0, 0.05) is 12.6 Å². The van der Waals surface area contributed by atoms with E-state index in [9.17, 15) is 13.2 Å². The van der Waals surface area contributed by atoms with E-state index in [4.69, 9.17) is 5.26 Å². The Hall–Kier alpha value is -1.91. The summed E-state index contributed by atoms with van der Waals surface area (Å²) < 4.78 is 24.1. The molecular formula is C14H19N3O3S. The molecule has 114 valence electrons. The van der Waals surface area contributed by atoms with Gasteiger partial charge in [0.05, 0.1) is 28.8 Å². The molecule has 1 rings (SSSR count). The lowest BCUT2D eigenvalue weighted by atomic mass is 10.2. The third kappa shape index (κ3) is 5.94. The number of nitrogens with one attached hydrogen (secondary N) is 2. The van der Waals surface area contributed by atoms with Crippen molar-refractivity contribution in [1.82, 2.24) is 10.6 Å². The molecule has 7 heteroatoms. The second-order valence-corrected chi connectivity index (χ2v) is 6.96. The van der Waals surface area contributed by atoms with Crippen LogP contribution < -0.4 is 10.6 Å². The van der Waals surface area contributed by atoms with Crippen LogP contribution in [0.3, 0.4) is 0 Å². The maximum absolute atomic E-state index is 12.0. The molecule has 2 N–H and O–H groups in total. The van der Waals surface area contributed by atoms with Crippen molar-refractivity contribution in [3.8, 4) is 6.07 Å². The number of nitrogens with zero attached hydrogens (tertiary/aromatic N) is 1. The smallest absolute Gasteiger partial charge is 0.234 e. The highest BCUT2D eigenvalue weighted by Crippen LogP contribution is 2.11. The Morgan fingerprint density at radius 1 is 1.29 bits per heavy atom. The van der Waals surface area contributed by atoms with Crippen LogP contribution in [0.15, 0.2) is 29.2 Å². The summed E-state index contributed by atoms with van der Waals surface area (Å²) in [6.45, 7) is 3.98. The molecule has 0 aromatic heterocycles. The molecule has 1 amide bonds. The van der Waals surface area contributed by atoms with E-state index in [0.29, 0.717) is 5.56 Å². The fourth-order valence-corrected chi connectivity index (χ4v) is 2.84. The molecule has 0 saturated heterocycles. The van der Waals surface area contributed by atoms with Crippen molar-refractivity contribution >= 4 is 15.7 Å². The summed E-state index contributed by atoms with van der Waals surface area (Å²) in [4.78, 5) is 11.5. The summed E-state index contributed by atoms with van der Waals surface area (Å²) in [7, 11) is -3.41. The lowest BCUT2D eigenvalue weighted by Crippen LogP contribution is -2.38. The molecule has 0 radical (unpaired) electrons. The Morgan fingerprint density at radius 2 is 1.90 bits per heavy atom. The van der Waals surface area contributed by atoms with Crippen LogP contribution in [0.5, 0.6) is 0 Å². The summed E-state index contributed by atoms with van der Waals surface area (Å²) in [6.07, 6.45) is 0. The van der Waals surface area contributed by atoms with Gasteiger partial charge in [-0.3, -0.25) is 4.79 Å². The van der Waals surface area contributed by atoms with E-state index in [1.165, 1.54) is 24.3 Å². The van der Waals surface area contributed by atoms with Crippen molar-refractivity contribution in [3.63, 3.8) is 0 Å². The van der Waals surface area contributed by atoms with Gasteiger partial charge in [0.2, 0.25) is 5.91 Å². The first-order chi connectivity index (χ1) is 9.85. The minimum absolute atomic E-state index is 0.0571. The van der Waals surface area contributed by atoms with E-state index in [-0.39, 0.29) is 35.7 Å². The molecule has 0 unspecified atom stereocenters.